The summed E-state index contributed by atoms with van der Waals surface area (Å²) in [6.45, 7) is 0.391. The third-order valence-corrected chi connectivity index (χ3v) is 6.35. The molecule has 0 aliphatic heterocycles. The lowest BCUT2D eigenvalue weighted by Gasteiger charge is -2.34. The van der Waals surface area contributed by atoms with Crippen LogP contribution in [0.3, 0.4) is 0 Å². The molecule has 0 atom stereocenters. The van der Waals surface area contributed by atoms with Crippen molar-refractivity contribution in [3.8, 4) is 5.75 Å². The quantitative estimate of drug-likeness (QED) is 0.461. The molecular formula is C22H25Cl2FN2O2. The van der Waals surface area contributed by atoms with Crippen molar-refractivity contribution >= 4 is 34.8 Å². The number of nitrogens with two attached hydrogens (primary N) is 1. The average molecular weight is 439 g/mol. The molecule has 2 aromatic rings. The Morgan fingerprint density at radius 3 is 2.45 bits per heavy atom. The lowest BCUT2D eigenvalue weighted by Crippen LogP contribution is -2.41. The van der Waals surface area contributed by atoms with Gasteiger partial charge in [0.1, 0.15) is 11.6 Å². The van der Waals surface area contributed by atoms with Gasteiger partial charge in [-0.15, -0.1) is 0 Å². The van der Waals surface area contributed by atoms with Gasteiger partial charge in [-0.1, -0.05) is 55.0 Å². The molecule has 0 unspecified atom stereocenters. The number of hydrogen-bond acceptors (Lipinski definition) is 3. The van der Waals surface area contributed by atoms with Crippen molar-refractivity contribution in [1.29, 1.82) is 0 Å². The molecule has 1 aliphatic carbocycles. The number of rotatable bonds is 5. The Morgan fingerprint density at radius 2 is 1.83 bits per heavy atom. The maximum atomic E-state index is 13.6. The first kappa shape index (κ1) is 21.7. The van der Waals surface area contributed by atoms with E-state index in [0.29, 0.717) is 33.6 Å². The lowest BCUT2D eigenvalue weighted by atomic mass is 9.74. The molecule has 3 N–H and O–H groups in total. The van der Waals surface area contributed by atoms with E-state index in [1.807, 2.05) is 0 Å². The summed E-state index contributed by atoms with van der Waals surface area (Å²) in [6.07, 6.45) is 6.07. The Labute approximate surface area is 180 Å². The Bertz CT molecular complexity index is 897. The predicted molar refractivity (Wildman–Crippen MR) is 116 cm³/mol. The minimum atomic E-state index is -0.368. The van der Waals surface area contributed by atoms with Crippen LogP contribution in [0, 0.1) is 5.82 Å². The van der Waals surface area contributed by atoms with E-state index < -0.39 is 0 Å². The zero-order chi connectivity index (χ0) is 21.0. The molecule has 3 rings (SSSR count). The topological polar surface area (TPSA) is 64.3 Å². The van der Waals surface area contributed by atoms with E-state index in [9.17, 15) is 9.18 Å². The number of benzene rings is 2. The zero-order valence-corrected chi connectivity index (χ0v) is 17.9. The molecule has 7 heteroatoms. The highest BCUT2D eigenvalue weighted by Crippen LogP contribution is 2.41. The average Bonchev–Trinajstić information content (AvgIpc) is 2.94. The smallest absolute Gasteiger partial charge is 0.255 e. The number of hydrogen-bond donors (Lipinski definition) is 2. The number of carbonyl (C=O) groups excluding carboxylic acids is 1. The van der Waals surface area contributed by atoms with Gasteiger partial charge in [0.25, 0.3) is 5.91 Å². The zero-order valence-electron chi connectivity index (χ0n) is 16.4. The van der Waals surface area contributed by atoms with Gasteiger partial charge in [-0.2, -0.15) is 0 Å². The van der Waals surface area contributed by atoms with Gasteiger partial charge in [-0.25, -0.2) is 4.39 Å². The van der Waals surface area contributed by atoms with Crippen molar-refractivity contribution in [3.63, 3.8) is 0 Å². The molecule has 0 saturated heterocycles. The Kier molecular flexibility index (Phi) is 6.91. The number of carbonyl (C=O) groups is 1. The van der Waals surface area contributed by atoms with E-state index in [0.717, 1.165) is 44.1 Å². The van der Waals surface area contributed by atoms with Gasteiger partial charge in [-0.05, 0) is 36.6 Å². The summed E-state index contributed by atoms with van der Waals surface area (Å²) in [4.78, 5) is 12.9. The van der Waals surface area contributed by atoms with Gasteiger partial charge < -0.3 is 15.8 Å². The van der Waals surface area contributed by atoms with Crippen molar-refractivity contribution in [3.05, 3.63) is 57.3 Å². The van der Waals surface area contributed by atoms with E-state index in [4.69, 9.17) is 33.7 Å². The van der Waals surface area contributed by atoms with Crippen LogP contribution in [0.2, 0.25) is 10.0 Å². The van der Waals surface area contributed by atoms with E-state index in [1.165, 1.54) is 31.4 Å². The molecule has 0 heterocycles. The highest BCUT2D eigenvalue weighted by Gasteiger charge is 2.35. The van der Waals surface area contributed by atoms with Crippen LogP contribution >= 0.6 is 23.2 Å². The normalized spacial score (nSPS) is 16.1. The van der Waals surface area contributed by atoms with E-state index in [1.54, 1.807) is 6.07 Å². The second-order valence-electron chi connectivity index (χ2n) is 7.58. The maximum Gasteiger partial charge on any atom is 0.255 e. The van der Waals surface area contributed by atoms with Crippen molar-refractivity contribution in [1.82, 2.24) is 5.32 Å². The number of methoxy groups -OCH3 is 1. The van der Waals surface area contributed by atoms with Crippen LogP contribution < -0.4 is 15.8 Å². The summed E-state index contributed by atoms with van der Waals surface area (Å²) >= 11 is 12.5. The number of amides is 1. The van der Waals surface area contributed by atoms with Crippen LogP contribution in [0.1, 0.15) is 54.4 Å². The summed E-state index contributed by atoms with van der Waals surface area (Å²) in [5, 5.41) is 3.72. The van der Waals surface area contributed by atoms with Gasteiger partial charge in [0.2, 0.25) is 0 Å². The molecule has 2 aromatic carbocycles. The molecule has 0 aromatic heterocycles. The number of anilines is 1. The number of halogens is 3. The Hall–Kier alpha value is -1.98. The summed E-state index contributed by atoms with van der Waals surface area (Å²) in [5.41, 5.74) is 7.01. The van der Waals surface area contributed by atoms with Crippen LogP contribution in [-0.2, 0) is 5.41 Å². The first-order valence-corrected chi connectivity index (χ1v) is 10.5. The molecule has 0 bridgehead atoms. The molecule has 1 saturated carbocycles. The maximum absolute atomic E-state index is 13.6. The number of nitrogen functional groups attached to an aromatic ring is 1. The number of nitrogens with one attached hydrogen (secondary N) is 1. The molecule has 29 heavy (non-hydrogen) atoms. The van der Waals surface area contributed by atoms with Crippen LogP contribution in [0.5, 0.6) is 5.75 Å². The molecule has 0 spiro atoms. The molecular weight excluding hydrogens is 414 g/mol. The summed E-state index contributed by atoms with van der Waals surface area (Å²) in [7, 11) is 1.48. The SMILES string of the molecule is COc1cc(N)c(Cl)cc1C(=O)NCC1(c2ccc(F)cc2Cl)CCCCCC1. The summed E-state index contributed by atoms with van der Waals surface area (Å²) < 4.78 is 18.9. The number of ether oxygens (including phenoxy) is 1. The summed E-state index contributed by atoms with van der Waals surface area (Å²) in [6, 6.07) is 7.56. The van der Waals surface area contributed by atoms with Crippen LogP contribution in [0.25, 0.3) is 0 Å². The second kappa shape index (κ2) is 9.23. The van der Waals surface area contributed by atoms with Gasteiger partial charge in [-0.3, -0.25) is 4.79 Å². The molecule has 4 nitrogen and oxygen atoms in total. The molecule has 1 fully saturated rings. The molecule has 156 valence electrons. The molecule has 1 amide bonds. The van der Waals surface area contributed by atoms with E-state index in [-0.39, 0.29) is 17.1 Å². The molecule has 0 radical (unpaired) electrons. The van der Waals surface area contributed by atoms with E-state index >= 15 is 0 Å². The first-order valence-electron chi connectivity index (χ1n) is 9.73. The minimum Gasteiger partial charge on any atom is -0.496 e. The van der Waals surface area contributed by atoms with Crippen molar-refractivity contribution < 1.29 is 13.9 Å². The third-order valence-electron chi connectivity index (χ3n) is 5.71. The Balaban J connectivity index is 1.89. The van der Waals surface area contributed by atoms with Crippen LogP contribution in [-0.4, -0.2) is 19.6 Å². The van der Waals surface area contributed by atoms with E-state index in [2.05, 4.69) is 5.32 Å². The first-order chi connectivity index (χ1) is 13.9. The highest BCUT2D eigenvalue weighted by atomic mass is 35.5. The fourth-order valence-corrected chi connectivity index (χ4v) is 4.66. The second-order valence-corrected chi connectivity index (χ2v) is 8.39. The van der Waals surface area contributed by atoms with Crippen molar-refractivity contribution in [2.24, 2.45) is 0 Å². The van der Waals surface area contributed by atoms with Crippen LogP contribution in [0.4, 0.5) is 10.1 Å². The van der Waals surface area contributed by atoms with Crippen molar-refractivity contribution in [2.75, 3.05) is 19.4 Å². The predicted octanol–water partition coefficient (Wildman–Crippen LogP) is 5.75. The van der Waals surface area contributed by atoms with Crippen LogP contribution in [0.15, 0.2) is 30.3 Å². The van der Waals surface area contributed by atoms with Gasteiger partial charge in [0.15, 0.2) is 0 Å². The third kappa shape index (κ3) is 4.78. The fourth-order valence-electron chi connectivity index (χ4n) is 4.13. The monoisotopic (exact) mass is 438 g/mol. The van der Waals surface area contributed by atoms with Crippen molar-refractivity contribution in [2.45, 2.75) is 43.9 Å². The lowest BCUT2D eigenvalue weighted by molar-refractivity contribution is 0.0937. The standard InChI is InChI=1S/C22H25Cl2FN2O2/c1-29-20-12-19(26)18(24)11-15(20)21(28)27-13-22(8-4-2-3-5-9-22)16-7-6-14(25)10-17(16)23/h6-7,10-12H,2-5,8-9,13,26H2,1H3,(H,27,28). The Morgan fingerprint density at radius 1 is 1.14 bits per heavy atom. The summed E-state index contributed by atoms with van der Waals surface area (Å²) in [5.74, 6) is -0.308. The largest absolute Gasteiger partial charge is 0.496 e. The minimum absolute atomic E-state index is 0.293. The van der Waals surface area contributed by atoms with Gasteiger partial charge in [0.05, 0.1) is 23.4 Å². The molecule has 1 aliphatic rings. The van der Waals surface area contributed by atoms with Gasteiger partial charge >= 0.3 is 0 Å². The van der Waals surface area contributed by atoms with Gasteiger partial charge in [0, 0.05) is 23.0 Å². The highest BCUT2D eigenvalue weighted by molar-refractivity contribution is 6.33. The fraction of sp³-hybridized carbons (Fsp3) is 0.409.